The van der Waals surface area contributed by atoms with Gasteiger partial charge in [0, 0.05) is 12.1 Å². The van der Waals surface area contributed by atoms with E-state index in [1.54, 1.807) is 16.8 Å². The summed E-state index contributed by atoms with van der Waals surface area (Å²) in [5, 5.41) is 12.6. The maximum Gasteiger partial charge on any atom is 0.182 e. The van der Waals surface area contributed by atoms with Gasteiger partial charge in [-0.1, -0.05) is 42.5 Å². The molecule has 2 N–H and O–H groups in total. The Bertz CT molecular complexity index is 598. The topological polar surface area (TPSA) is 69.6 Å². The largest absolute Gasteiger partial charge is 0.397 e. The average Bonchev–Trinajstić information content (AvgIpc) is 2.82. The Kier molecular flexibility index (Phi) is 3.81. The van der Waals surface area contributed by atoms with Gasteiger partial charge in [-0.2, -0.15) is 0 Å². The third-order valence-electron chi connectivity index (χ3n) is 3.82. The Balaban J connectivity index is 1.84. The summed E-state index contributed by atoms with van der Waals surface area (Å²) in [7, 11) is 0. The van der Waals surface area contributed by atoms with E-state index in [0.717, 1.165) is 24.4 Å². The van der Waals surface area contributed by atoms with Gasteiger partial charge in [0.2, 0.25) is 0 Å². The molecule has 7 heteroatoms. The van der Waals surface area contributed by atoms with E-state index < -0.39 is 0 Å². The fraction of sp³-hybridized carbons (Fsp3) is 0.462. The summed E-state index contributed by atoms with van der Waals surface area (Å²) >= 11 is 12.0. The Morgan fingerprint density at radius 2 is 2.10 bits per heavy atom. The molecule has 1 aliphatic carbocycles. The lowest BCUT2D eigenvalue weighted by Gasteiger charge is -2.24. The van der Waals surface area contributed by atoms with Crippen LogP contribution in [0.3, 0.4) is 0 Å². The van der Waals surface area contributed by atoms with Crippen LogP contribution in [0, 0.1) is 5.92 Å². The molecule has 106 valence electrons. The van der Waals surface area contributed by atoms with Gasteiger partial charge in [-0.25, -0.2) is 4.68 Å². The summed E-state index contributed by atoms with van der Waals surface area (Å²) in [6, 6.07) is 3.49. The van der Waals surface area contributed by atoms with Gasteiger partial charge in [0.25, 0.3) is 0 Å². The molecule has 2 aromatic rings. The van der Waals surface area contributed by atoms with Crippen LogP contribution in [0.5, 0.6) is 0 Å². The first-order chi connectivity index (χ1) is 9.65. The number of aryl methyl sites for hydroxylation is 1. The van der Waals surface area contributed by atoms with Crippen LogP contribution in [0.25, 0.3) is 11.4 Å². The van der Waals surface area contributed by atoms with Crippen molar-refractivity contribution in [3.05, 3.63) is 22.2 Å². The summed E-state index contributed by atoms with van der Waals surface area (Å²) in [5.74, 6) is 1.49. The van der Waals surface area contributed by atoms with Crippen LogP contribution in [0.15, 0.2) is 12.1 Å². The molecule has 0 saturated heterocycles. The highest BCUT2D eigenvalue weighted by molar-refractivity contribution is 6.43. The molecule has 1 heterocycles. The zero-order valence-electron chi connectivity index (χ0n) is 10.9. The van der Waals surface area contributed by atoms with Crippen LogP contribution in [0.1, 0.15) is 25.7 Å². The molecule has 1 fully saturated rings. The van der Waals surface area contributed by atoms with Crippen molar-refractivity contribution in [1.82, 2.24) is 20.2 Å². The van der Waals surface area contributed by atoms with Gasteiger partial charge in [-0.05, 0) is 34.9 Å². The van der Waals surface area contributed by atoms with E-state index in [2.05, 4.69) is 15.5 Å². The zero-order valence-corrected chi connectivity index (χ0v) is 12.4. The lowest BCUT2D eigenvalue weighted by atomic mass is 9.83. The molecule has 1 saturated carbocycles. The predicted octanol–water partition coefficient (Wildman–Crippen LogP) is 3.42. The van der Waals surface area contributed by atoms with Gasteiger partial charge in [0.1, 0.15) is 0 Å². The second-order valence-electron chi connectivity index (χ2n) is 5.17. The number of rotatable bonds is 4. The molecule has 0 spiro atoms. The van der Waals surface area contributed by atoms with Crippen LogP contribution >= 0.6 is 23.2 Å². The summed E-state index contributed by atoms with van der Waals surface area (Å²) in [6.07, 6.45) is 5.08. The van der Waals surface area contributed by atoms with Crippen LogP contribution in [-0.4, -0.2) is 20.2 Å². The van der Waals surface area contributed by atoms with E-state index in [0.29, 0.717) is 21.6 Å². The van der Waals surface area contributed by atoms with E-state index in [1.807, 2.05) is 0 Å². The second kappa shape index (κ2) is 5.58. The molecular formula is C13H15Cl2N5. The number of anilines is 1. The van der Waals surface area contributed by atoms with Crippen LogP contribution in [-0.2, 0) is 6.54 Å². The van der Waals surface area contributed by atoms with E-state index in [4.69, 9.17) is 28.9 Å². The molecule has 1 aromatic heterocycles. The van der Waals surface area contributed by atoms with Gasteiger partial charge in [0.15, 0.2) is 5.82 Å². The zero-order chi connectivity index (χ0) is 14.1. The quantitative estimate of drug-likeness (QED) is 0.878. The number of benzene rings is 1. The average molecular weight is 312 g/mol. The van der Waals surface area contributed by atoms with Crippen molar-refractivity contribution in [3.8, 4) is 11.4 Å². The molecule has 0 radical (unpaired) electrons. The van der Waals surface area contributed by atoms with Gasteiger partial charge in [0.05, 0.1) is 15.7 Å². The van der Waals surface area contributed by atoms with Crippen molar-refractivity contribution in [3.63, 3.8) is 0 Å². The van der Waals surface area contributed by atoms with E-state index in [9.17, 15) is 0 Å². The monoisotopic (exact) mass is 311 g/mol. The minimum Gasteiger partial charge on any atom is -0.397 e. The van der Waals surface area contributed by atoms with Crippen molar-refractivity contribution in [2.75, 3.05) is 5.73 Å². The van der Waals surface area contributed by atoms with Crippen LogP contribution in [0.2, 0.25) is 10.0 Å². The van der Waals surface area contributed by atoms with Gasteiger partial charge in [-0.3, -0.25) is 0 Å². The first-order valence-electron chi connectivity index (χ1n) is 6.66. The van der Waals surface area contributed by atoms with Crippen molar-refractivity contribution in [1.29, 1.82) is 0 Å². The van der Waals surface area contributed by atoms with Crippen molar-refractivity contribution in [2.24, 2.45) is 5.92 Å². The number of nitrogen functional groups attached to an aromatic ring is 1. The molecule has 3 rings (SSSR count). The van der Waals surface area contributed by atoms with Gasteiger partial charge in [-0.15, -0.1) is 5.10 Å². The summed E-state index contributed by atoms with van der Waals surface area (Å²) in [5.41, 5.74) is 7.06. The fourth-order valence-electron chi connectivity index (χ4n) is 2.39. The highest BCUT2D eigenvalue weighted by Gasteiger charge is 2.19. The van der Waals surface area contributed by atoms with Crippen molar-refractivity contribution < 1.29 is 0 Å². The SMILES string of the molecule is Nc1cc(-c2nnnn2CCC2CCC2)cc(Cl)c1Cl. The number of nitrogens with two attached hydrogens (primary N) is 1. The maximum atomic E-state index is 6.06. The van der Waals surface area contributed by atoms with E-state index in [-0.39, 0.29) is 0 Å². The number of nitrogens with zero attached hydrogens (tertiary/aromatic N) is 4. The fourth-order valence-corrected chi connectivity index (χ4v) is 2.72. The summed E-state index contributed by atoms with van der Waals surface area (Å²) in [6.45, 7) is 0.813. The Labute approximate surface area is 127 Å². The van der Waals surface area contributed by atoms with Crippen LogP contribution < -0.4 is 5.73 Å². The summed E-state index contributed by atoms with van der Waals surface area (Å²) in [4.78, 5) is 0. The molecule has 5 nitrogen and oxygen atoms in total. The third kappa shape index (κ3) is 2.60. The van der Waals surface area contributed by atoms with Crippen LogP contribution in [0.4, 0.5) is 5.69 Å². The highest BCUT2D eigenvalue weighted by atomic mass is 35.5. The highest BCUT2D eigenvalue weighted by Crippen LogP contribution is 2.33. The smallest absolute Gasteiger partial charge is 0.182 e. The van der Waals surface area contributed by atoms with E-state index >= 15 is 0 Å². The molecular weight excluding hydrogens is 297 g/mol. The normalized spacial score (nSPS) is 15.3. The number of hydrogen-bond donors (Lipinski definition) is 1. The van der Waals surface area contributed by atoms with Crippen molar-refractivity contribution in [2.45, 2.75) is 32.2 Å². The number of tetrazole rings is 1. The number of halogens is 2. The Hall–Kier alpha value is -1.33. The molecule has 1 aliphatic rings. The van der Waals surface area contributed by atoms with Crippen molar-refractivity contribution >= 4 is 28.9 Å². The number of hydrogen-bond acceptors (Lipinski definition) is 4. The molecule has 0 unspecified atom stereocenters. The lowest BCUT2D eigenvalue weighted by molar-refractivity contribution is 0.277. The Morgan fingerprint density at radius 3 is 2.75 bits per heavy atom. The molecule has 1 aromatic carbocycles. The minimum absolute atomic E-state index is 0.365. The Morgan fingerprint density at radius 1 is 1.30 bits per heavy atom. The molecule has 0 bridgehead atoms. The summed E-state index contributed by atoms with van der Waals surface area (Å²) < 4.78 is 1.80. The van der Waals surface area contributed by atoms with Gasteiger partial charge < -0.3 is 5.73 Å². The molecule has 20 heavy (non-hydrogen) atoms. The second-order valence-corrected chi connectivity index (χ2v) is 5.96. The maximum absolute atomic E-state index is 6.06. The third-order valence-corrected chi connectivity index (χ3v) is 4.64. The predicted molar refractivity (Wildman–Crippen MR) is 79.6 cm³/mol. The lowest BCUT2D eigenvalue weighted by Crippen LogP contribution is -2.15. The first-order valence-corrected chi connectivity index (χ1v) is 7.42. The van der Waals surface area contributed by atoms with Gasteiger partial charge >= 0.3 is 0 Å². The number of aromatic nitrogens is 4. The molecule has 0 aliphatic heterocycles. The minimum atomic E-state index is 0.365. The van der Waals surface area contributed by atoms with E-state index in [1.165, 1.54) is 19.3 Å². The standard InChI is InChI=1S/C13H15Cl2N5/c14-10-6-9(7-11(16)12(10)15)13-17-18-19-20(13)5-4-8-2-1-3-8/h6-8H,1-5,16H2. The first kappa shape index (κ1) is 13.6. The molecule has 0 atom stereocenters. The molecule has 0 amide bonds.